The maximum atomic E-state index is 9.44. The number of benzene rings is 1. The van der Waals surface area contributed by atoms with Crippen LogP contribution in [-0.4, -0.2) is 38.9 Å². The number of piperidine rings is 1. The van der Waals surface area contributed by atoms with E-state index in [1.807, 2.05) is 29.6 Å². The quantitative estimate of drug-likeness (QED) is 0.793. The van der Waals surface area contributed by atoms with E-state index in [1.54, 1.807) is 0 Å². The van der Waals surface area contributed by atoms with Crippen LogP contribution in [0.2, 0.25) is 0 Å². The molecule has 2 aromatic heterocycles. The first-order chi connectivity index (χ1) is 12.3. The summed E-state index contributed by atoms with van der Waals surface area (Å²) in [6, 6.07) is 14.8. The normalized spacial score (nSPS) is 18.0. The molecule has 0 spiro atoms. The molecule has 0 saturated carbocycles. The van der Waals surface area contributed by atoms with Gasteiger partial charge in [-0.25, -0.2) is 4.98 Å². The van der Waals surface area contributed by atoms with Gasteiger partial charge < -0.3 is 10.0 Å². The van der Waals surface area contributed by atoms with E-state index in [0.29, 0.717) is 6.04 Å². The van der Waals surface area contributed by atoms with E-state index in [-0.39, 0.29) is 6.61 Å². The Labute approximate surface area is 147 Å². The summed E-state index contributed by atoms with van der Waals surface area (Å²) in [7, 11) is 0. The van der Waals surface area contributed by atoms with Gasteiger partial charge >= 0.3 is 0 Å². The van der Waals surface area contributed by atoms with Gasteiger partial charge in [0.25, 0.3) is 0 Å². The van der Waals surface area contributed by atoms with Gasteiger partial charge in [-0.1, -0.05) is 30.3 Å². The first-order valence-corrected chi connectivity index (χ1v) is 9.06. The summed E-state index contributed by atoms with van der Waals surface area (Å²) in [5.74, 6) is 1.09. The number of hydrogen-bond acceptors (Lipinski definition) is 4. The molecule has 0 amide bonds. The Balaban J connectivity index is 1.81. The number of hydrogen-bond donors (Lipinski definition) is 1. The fourth-order valence-corrected chi connectivity index (χ4v) is 3.79. The molecule has 5 nitrogen and oxygen atoms in total. The smallest absolute Gasteiger partial charge is 0.158 e. The predicted octanol–water partition coefficient (Wildman–Crippen LogP) is 3.45. The lowest BCUT2D eigenvalue weighted by atomic mass is 9.99. The molecule has 130 valence electrons. The summed E-state index contributed by atoms with van der Waals surface area (Å²) < 4.78 is 1.96. The summed E-state index contributed by atoms with van der Waals surface area (Å²) in [6.45, 7) is 3.26. The van der Waals surface area contributed by atoms with Crippen LogP contribution in [0.3, 0.4) is 0 Å². The molecule has 1 N–H and O–H groups in total. The second kappa shape index (κ2) is 6.84. The molecule has 5 heteroatoms. The van der Waals surface area contributed by atoms with Gasteiger partial charge in [0.1, 0.15) is 5.82 Å². The van der Waals surface area contributed by atoms with Gasteiger partial charge in [-0.05, 0) is 32.6 Å². The molecule has 1 aliphatic heterocycles. The van der Waals surface area contributed by atoms with Crippen molar-refractivity contribution in [1.29, 1.82) is 0 Å². The number of rotatable bonds is 4. The lowest BCUT2D eigenvalue weighted by molar-refractivity contribution is 0.262. The van der Waals surface area contributed by atoms with Crippen molar-refractivity contribution >= 4 is 11.5 Å². The van der Waals surface area contributed by atoms with Gasteiger partial charge in [0.2, 0.25) is 0 Å². The molecule has 3 aromatic rings. The van der Waals surface area contributed by atoms with Gasteiger partial charge in [0.05, 0.1) is 5.69 Å². The van der Waals surface area contributed by atoms with Crippen LogP contribution in [0, 0.1) is 6.92 Å². The maximum absolute atomic E-state index is 9.44. The van der Waals surface area contributed by atoms with Crippen molar-refractivity contribution in [2.75, 3.05) is 18.1 Å². The van der Waals surface area contributed by atoms with Crippen LogP contribution in [-0.2, 0) is 0 Å². The minimum Gasteiger partial charge on any atom is -0.396 e. The fourth-order valence-electron chi connectivity index (χ4n) is 3.79. The second-order valence-corrected chi connectivity index (χ2v) is 6.78. The van der Waals surface area contributed by atoms with Crippen molar-refractivity contribution in [2.24, 2.45) is 0 Å². The number of anilines is 1. The summed E-state index contributed by atoms with van der Waals surface area (Å²) in [6.07, 6.45) is 4.33. The van der Waals surface area contributed by atoms with Gasteiger partial charge in [-0.3, -0.25) is 0 Å². The van der Waals surface area contributed by atoms with E-state index in [0.717, 1.165) is 47.8 Å². The molecular weight excluding hydrogens is 312 g/mol. The van der Waals surface area contributed by atoms with Gasteiger partial charge in [-0.2, -0.15) is 9.61 Å². The molecule has 3 heterocycles. The van der Waals surface area contributed by atoms with E-state index in [4.69, 9.17) is 5.10 Å². The Bertz CT molecular complexity index is 857. The van der Waals surface area contributed by atoms with Crippen molar-refractivity contribution in [3.8, 4) is 11.3 Å². The van der Waals surface area contributed by atoms with E-state index >= 15 is 0 Å². The zero-order valence-corrected chi connectivity index (χ0v) is 14.6. The van der Waals surface area contributed by atoms with Crippen LogP contribution in [0.1, 0.15) is 31.4 Å². The highest BCUT2D eigenvalue weighted by Gasteiger charge is 2.25. The molecule has 1 aliphatic rings. The summed E-state index contributed by atoms with van der Waals surface area (Å²) in [4.78, 5) is 7.08. The minimum absolute atomic E-state index is 0.225. The molecule has 0 radical (unpaired) electrons. The number of aliphatic hydroxyl groups excluding tert-OH is 1. The molecule has 0 aliphatic carbocycles. The lowest BCUT2D eigenvalue weighted by Gasteiger charge is -2.37. The fraction of sp³-hybridized carbons (Fsp3) is 0.400. The highest BCUT2D eigenvalue weighted by Crippen LogP contribution is 2.29. The zero-order valence-electron chi connectivity index (χ0n) is 14.6. The van der Waals surface area contributed by atoms with E-state index in [2.05, 4.69) is 34.1 Å². The number of aliphatic hydroxyl groups is 1. The van der Waals surface area contributed by atoms with Crippen molar-refractivity contribution < 1.29 is 5.11 Å². The van der Waals surface area contributed by atoms with Crippen molar-refractivity contribution in [3.05, 3.63) is 48.2 Å². The van der Waals surface area contributed by atoms with Crippen molar-refractivity contribution in [3.63, 3.8) is 0 Å². The van der Waals surface area contributed by atoms with Crippen LogP contribution >= 0.6 is 0 Å². The van der Waals surface area contributed by atoms with Crippen molar-refractivity contribution in [2.45, 2.75) is 38.6 Å². The average Bonchev–Trinajstić information content (AvgIpc) is 3.06. The molecule has 25 heavy (non-hydrogen) atoms. The van der Waals surface area contributed by atoms with Gasteiger partial charge in [0, 0.05) is 42.6 Å². The molecule has 1 fully saturated rings. The zero-order chi connectivity index (χ0) is 17.2. The molecule has 0 bridgehead atoms. The van der Waals surface area contributed by atoms with Crippen LogP contribution in [0.25, 0.3) is 16.9 Å². The third-order valence-electron chi connectivity index (χ3n) is 4.99. The number of aryl methyl sites for hydroxylation is 1. The van der Waals surface area contributed by atoms with Crippen LogP contribution in [0.5, 0.6) is 0 Å². The predicted molar refractivity (Wildman–Crippen MR) is 99.8 cm³/mol. The Hall–Kier alpha value is -2.40. The topological polar surface area (TPSA) is 53.7 Å². The Morgan fingerprint density at radius 2 is 2.00 bits per heavy atom. The average molecular weight is 336 g/mol. The van der Waals surface area contributed by atoms with Crippen molar-refractivity contribution in [1.82, 2.24) is 14.6 Å². The number of nitrogens with zero attached hydrogens (tertiary/aromatic N) is 4. The maximum Gasteiger partial charge on any atom is 0.158 e. The van der Waals surface area contributed by atoms with Gasteiger partial charge in [0.15, 0.2) is 5.65 Å². The van der Waals surface area contributed by atoms with E-state index in [9.17, 15) is 5.11 Å². The summed E-state index contributed by atoms with van der Waals surface area (Å²) >= 11 is 0. The Morgan fingerprint density at radius 3 is 2.80 bits per heavy atom. The molecule has 1 atom stereocenters. The number of aromatic nitrogens is 3. The Morgan fingerprint density at radius 1 is 1.16 bits per heavy atom. The molecule has 1 aromatic carbocycles. The number of fused-ring (bicyclic) bond motifs is 1. The second-order valence-electron chi connectivity index (χ2n) is 6.78. The van der Waals surface area contributed by atoms with E-state index in [1.165, 1.54) is 12.8 Å². The SMILES string of the molecule is Cc1cc(N2CCCCC2CCO)n2nc(-c3ccccc3)cc2n1. The minimum atomic E-state index is 0.225. The molecular formula is C20H24N4O. The third-order valence-corrected chi connectivity index (χ3v) is 4.99. The Kier molecular flexibility index (Phi) is 4.40. The van der Waals surface area contributed by atoms with Crippen LogP contribution < -0.4 is 4.90 Å². The first kappa shape index (κ1) is 16.1. The molecule has 1 unspecified atom stereocenters. The highest BCUT2D eigenvalue weighted by atomic mass is 16.3. The standard InChI is InChI=1S/C20H24N4O/c1-15-13-20(23-11-6-5-9-17(23)10-12-25)24-19(21-15)14-18(22-24)16-7-3-2-4-8-16/h2-4,7-8,13-14,17,25H,5-6,9-12H2,1H3. The van der Waals surface area contributed by atoms with Crippen LogP contribution in [0.4, 0.5) is 5.82 Å². The third kappa shape index (κ3) is 3.12. The van der Waals surface area contributed by atoms with Crippen LogP contribution in [0.15, 0.2) is 42.5 Å². The lowest BCUT2D eigenvalue weighted by Crippen LogP contribution is -2.41. The molecule has 1 saturated heterocycles. The highest BCUT2D eigenvalue weighted by molar-refractivity contribution is 5.66. The largest absolute Gasteiger partial charge is 0.396 e. The molecule has 4 rings (SSSR count). The monoisotopic (exact) mass is 336 g/mol. The van der Waals surface area contributed by atoms with Gasteiger partial charge in [-0.15, -0.1) is 0 Å². The first-order valence-electron chi connectivity index (χ1n) is 9.06. The summed E-state index contributed by atoms with van der Waals surface area (Å²) in [5.41, 5.74) is 3.91. The summed E-state index contributed by atoms with van der Waals surface area (Å²) in [5, 5.41) is 14.3. The van der Waals surface area contributed by atoms with E-state index < -0.39 is 0 Å².